The van der Waals surface area contributed by atoms with Gasteiger partial charge in [-0.05, 0) is 26.0 Å². The van der Waals surface area contributed by atoms with Crippen LogP contribution in [0, 0.1) is 13.8 Å². The Morgan fingerprint density at radius 1 is 1.04 bits per heavy atom. The van der Waals surface area contributed by atoms with Gasteiger partial charge in [0.05, 0.1) is 23.1 Å². The van der Waals surface area contributed by atoms with E-state index in [1.165, 1.54) is 5.56 Å². The van der Waals surface area contributed by atoms with Crippen molar-refractivity contribution in [1.29, 1.82) is 0 Å². The van der Waals surface area contributed by atoms with Crippen LogP contribution in [-0.4, -0.2) is 50.7 Å². The molecule has 0 saturated carbocycles. The number of aryl methyl sites for hydroxylation is 2. The molecule has 0 aliphatic carbocycles. The summed E-state index contributed by atoms with van der Waals surface area (Å²) in [5, 5.41) is 4.72. The molecule has 0 bridgehead atoms. The van der Waals surface area contributed by atoms with Gasteiger partial charge in [0, 0.05) is 45.3 Å². The van der Waals surface area contributed by atoms with Crippen molar-refractivity contribution in [1.82, 2.24) is 24.5 Å². The molecule has 1 aromatic carbocycles. The van der Waals surface area contributed by atoms with Crippen molar-refractivity contribution >= 4 is 10.9 Å². The van der Waals surface area contributed by atoms with Crippen molar-refractivity contribution < 1.29 is 4.52 Å². The Bertz CT molecular complexity index is 995. The zero-order chi connectivity index (χ0) is 19.0. The molecular weight excluding hydrogens is 342 g/mol. The second-order valence-corrected chi connectivity index (χ2v) is 7.26. The first kappa shape index (κ1) is 17.9. The molecule has 4 rings (SSSR count). The van der Waals surface area contributed by atoms with Crippen LogP contribution in [0.1, 0.15) is 22.8 Å². The van der Waals surface area contributed by atoms with Crippen LogP contribution in [0.3, 0.4) is 0 Å². The van der Waals surface area contributed by atoms with E-state index in [-0.39, 0.29) is 5.56 Å². The quantitative estimate of drug-likeness (QED) is 0.701. The van der Waals surface area contributed by atoms with E-state index in [0.717, 1.165) is 55.5 Å². The van der Waals surface area contributed by atoms with Crippen LogP contribution in [0.5, 0.6) is 0 Å². The van der Waals surface area contributed by atoms with E-state index in [1.807, 2.05) is 45.2 Å². The van der Waals surface area contributed by atoms with Crippen molar-refractivity contribution in [2.75, 3.05) is 26.2 Å². The molecule has 0 unspecified atom stereocenters. The summed E-state index contributed by atoms with van der Waals surface area (Å²) in [6.45, 7) is 9.39. The van der Waals surface area contributed by atoms with Gasteiger partial charge in [-0.1, -0.05) is 17.3 Å². The first-order valence-corrected chi connectivity index (χ1v) is 9.34. The zero-order valence-corrected chi connectivity index (χ0v) is 16.1. The van der Waals surface area contributed by atoms with Gasteiger partial charge in [0.2, 0.25) is 0 Å². The molecule has 0 N–H and O–H groups in total. The third-order valence-electron chi connectivity index (χ3n) is 5.47. The molecule has 0 radical (unpaired) electrons. The van der Waals surface area contributed by atoms with E-state index < -0.39 is 0 Å². The third-order valence-corrected chi connectivity index (χ3v) is 5.47. The summed E-state index contributed by atoms with van der Waals surface area (Å²) in [6, 6.07) is 7.54. The van der Waals surface area contributed by atoms with E-state index in [4.69, 9.17) is 9.51 Å². The number of aromatic nitrogens is 3. The van der Waals surface area contributed by atoms with Crippen molar-refractivity contribution in [3.05, 3.63) is 57.5 Å². The number of para-hydroxylation sites is 1. The smallest absolute Gasteiger partial charge is 0.261 e. The fourth-order valence-electron chi connectivity index (χ4n) is 3.66. The SMILES string of the molecule is Cc1noc(C)c1CN1CCN(Cc2nc3ccccc3c(=O)n2C)CC1. The van der Waals surface area contributed by atoms with Crippen molar-refractivity contribution in [2.24, 2.45) is 7.05 Å². The Labute approximate surface area is 158 Å². The maximum atomic E-state index is 12.6. The van der Waals surface area contributed by atoms with Crippen molar-refractivity contribution in [3.8, 4) is 0 Å². The summed E-state index contributed by atoms with van der Waals surface area (Å²) < 4.78 is 6.95. The number of hydrogen-bond acceptors (Lipinski definition) is 6. The number of piperazine rings is 1. The Morgan fingerprint density at radius 3 is 2.37 bits per heavy atom. The topological polar surface area (TPSA) is 67.4 Å². The van der Waals surface area contributed by atoms with Crippen LogP contribution in [0.25, 0.3) is 10.9 Å². The van der Waals surface area contributed by atoms with Gasteiger partial charge in [0.15, 0.2) is 0 Å². The second kappa shape index (κ2) is 7.25. The maximum Gasteiger partial charge on any atom is 0.261 e. The molecule has 7 heteroatoms. The van der Waals surface area contributed by atoms with Crippen LogP contribution >= 0.6 is 0 Å². The molecule has 3 aromatic rings. The lowest BCUT2D eigenvalue weighted by atomic mass is 10.2. The van der Waals surface area contributed by atoms with Gasteiger partial charge in [-0.2, -0.15) is 0 Å². The van der Waals surface area contributed by atoms with E-state index >= 15 is 0 Å². The molecule has 1 aliphatic heterocycles. The van der Waals surface area contributed by atoms with Gasteiger partial charge in [0.1, 0.15) is 11.6 Å². The first-order valence-electron chi connectivity index (χ1n) is 9.34. The van der Waals surface area contributed by atoms with Gasteiger partial charge >= 0.3 is 0 Å². The number of fused-ring (bicyclic) bond motifs is 1. The Balaban J connectivity index is 1.43. The van der Waals surface area contributed by atoms with Crippen LogP contribution in [-0.2, 0) is 20.1 Å². The summed E-state index contributed by atoms with van der Waals surface area (Å²) in [4.78, 5) is 22.1. The number of hydrogen-bond donors (Lipinski definition) is 0. The predicted octanol–water partition coefficient (Wildman–Crippen LogP) is 1.86. The monoisotopic (exact) mass is 367 g/mol. The zero-order valence-electron chi connectivity index (χ0n) is 16.1. The highest BCUT2D eigenvalue weighted by Crippen LogP contribution is 2.17. The summed E-state index contributed by atoms with van der Waals surface area (Å²) >= 11 is 0. The number of nitrogens with zero attached hydrogens (tertiary/aromatic N) is 5. The van der Waals surface area contributed by atoms with Gasteiger partial charge < -0.3 is 4.52 Å². The van der Waals surface area contributed by atoms with Crippen LogP contribution in [0.2, 0.25) is 0 Å². The minimum atomic E-state index is 0.0210. The van der Waals surface area contributed by atoms with E-state index in [9.17, 15) is 4.79 Å². The highest BCUT2D eigenvalue weighted by Gasteiger charge is 2.21. The molecule has 27 heavy (non-hydrogen) atoms. The summed E-state index contributed by atoms with van der Waals surface area (Å²) in [5.74, 6) is 1.73. The fraction of sp³-hybridized carbons (Fsp3) is 0.450. The first-order chi connectivity index (χ1) is 13.0. The molecule has 2 aromatic heterocycles. The molecule has 0 spiro atoms. The predicted molar refractivity (Wildman–Crippen MR) is 104 cm³/mol. The highest BCUT2D eigenvalue weighted by atomic mass is 16.5. The van der Waals surface area contributed by atoms with Crippen molar-refractivity contribution in [3.63, 3.8) is 0 Å². The maximum absolute atomic E-state index is 12.6. The summed E-state index contributed by atoms with van der Waals surface area (Å²) in [7, 11) is 1.81. The van der Waals surface area contributed by atoms with Gasteiger partial charge in [-0.15, -0.1) is 0 Å². The molecule has 1 fully saturated rings. The van der Waals surface area contributed by atoms with E-state index in [0.29, 0.717) is 11.9 Å². The summed E-state index contributed by atoms with van der Waals surface area (Å²) in [5.41, 5.74) is 2.97. The average molecular weight is 367 g/mol. The van der Waals surface area contributed by atoms with Crippen LogP contribution in [0.15, 0.2) is 33.6 Å². The van der Waals surface area contributed by atoms with Crippen LogP contribution in [0.4, 0.5) is 0 Å². The lowest BCUT2D eigenvalue weighted by Gasteiger charge is -2.34. The third kappa shape index (κ3) is 3.52. The van der Waals surface area contributed by atoms with Gasteiger partial charge in [0.25, 0.3) is 5.56 Å². The number of benzene rings is 1. The fourth-order valence-corrected chi connectivity index (χ4v) is 3.66. The lowest BCUT2D eigenvalue weighted by molar-refractivity contribution is 0.118. The molecule has 7 nitrogen and oxygen atoms in total. The van der Waals surface area contributed by atoms with Crippen molar-refractivity contribution in [2.45, 2.75) is 26.9 Å². The van der Waals surface area contributed by atoms with Crippen LogP contribution < -0.4 is 5.56 Å². The summed E-state index contributed by atoms with van der Waals surface area (Å²) in [6.07, 6.45) is 0. The normalized spacial score (nSPS) is 16.3. The Kier molecular flexibility index (Phi) is 4.80. The van der Waals surface area contributed by atoms with E-state index in [1.54, 1.807) is 4.57 Å². The van der Waals surface area contributed by atoms with Gasteiger partial charge in [-0.25, -0.2) is 4.98 Å². The molecule has 0 atom stereocenters. The Hall–Kier alpha value is -2.51. The molecule has 1 saturated heterocycles. The Morgan fingerprint density at radius 2 is 1.70 bits per heavy atom. The molecule has 1 aliphatic rings. The molecule has 3 heterocycles. The van der Waals surface area contributed by atoms with E-state index in [2.05, 4.69) is 15.0 Å². The average Bonchev–Trinajstić information content (AvgIpc) is 2.99. The lowest BCUT2D eigenvalue weighted by Crippen LogP contribution is -2.46. The minimum absolute atomic E-state index is 0.0210. The molecular formula is C20H25N5O2. The standard InChI is InChI=1S/C20H25N5O2/c1-14-17(15(2)27-22-14)12-24-8-10-25(11-9-24)13-19-21-18-7-5-4-6-16(18)20(26)23(19)3/h4-7H,8-13H2,1-3H3. The molecule has 0 amide bonds. The molecule has 142 valence electrons. The second-order valence-electron chi connectivity index (χ2n) is 7.26. The largest absolute Gasteiger partial charge is 0.361 e. The van der Waals surface area contributed by atoms with Gasteiger partial charge in [-0.3, -0.25) is 19.2 Å². The highest BCUT2D eigenvalue weighted by molar-refractivity contribution is 5.77. The minimum Gasteiger partial charge on any atom is -0.361 e. The number of rotatable bonds is 4.